The number of hydrogen-bond donors (Lipinski definition) is 0. The van der Waals surface area contributed by atoms with Crippen LogP contribution in [0.3, 0.4) is 0 Å². The summed E-state index contributed by atoms with van der Waals surface area (Å²) in [6, 6.07) is 0. The second-order valence-electron chi connectivity index (χ2n) is 17.1. The van der Waals surface area contributed by atoms with Crippen molar-refractivity contribution in [3.63, 3.8) is 0 Å². The zero-order valence-corrected chi connectivity index (χ0v) is 41.5. The highest BCUT2D eigenvalue weighted by molar-refractivity contribution is 5.71. The van der Waals surface area contributed by atoms with Gasteiger partial charge in [-0.05, 0) is 96.3 Å². The molecule has 0 saturated heterocycles. The van der Waals surface area contributed by atoms with E-state index in [1.807, 2.05) is 36.5 Å². The first-order chi connectivity index (χ1) is 31.5. The summed E-state index contributed by atoms with van der Waals surface area (Å²) in [5.74, 6) is -0.973. The first-order valence-electron chi connectivity index (χ1n) is 26.3. The number of esters is 3. The van der Waals surface area contributed by atoms with Gasteiger partial charge in [0.1, 0.15) is 13.2 Å². The molecule has 0 spiro atoms. The Bertz CT molecular complexity index is 1300. The van der Waals surface area contributed by atoms with E-state index in [0.29, 0.717) is 19.3 Å². The number of carbonyl (C=O) groups excluding carboxylic acids is 3. The Kier molecular flexibility index (Phi) is 49.0. The van der Waals surface area contributed by atoms with E-state index in [-0.39, 0.29) is 31.1 Å². The largest absolute Gasteiger partial charge is 0.462 e. The van der Waals surface area contributed by atoms with Crippen molar-refractivity contribution in [2.75, 3.05) is 13.2 Å². The number of ether oxygens (including phenoxy) is 3. The van der Waals surface area contributed by atoms with E-state index < -0.39 is 6.10 Å². The molecule has 364 valence electrons. The Balaban J connectivity index is 4.44. The molecule has 0 fully saturated rings. The number of hydrogen-bond acceptors (Lipinski definition) is 6. The molecule has 0 aliphatic heterocycles. The van der Waals surface area contributed by atoms with E-state index in [4.69, 9.17) is 14.2 Å². The minimum atomic E-state index is -0.807. The smallest absolute Gasteiger partial charge is 0.306 e. The number of rotatable bonds is 46. The molecule has 6 heteroatoms. The fraction of sp³-hybridized carbons (Fsp3) is 0.672. The van der Waals surface area contributed by atoms with Gasteiger partial charge in [0.25, 0.3) is 0 Å². The Morgan fingerprint density at radius 3 is 1.17 bits per heavy atom. The predicted octanol–water partition coefficient (Wildman–Crippen LogP) is 17.4. The number of allylic oxidation sites excluding steroid dienone is 16. The molecule has 0 bridgehead atoms. The molecule has 0 radical (unpaired) electrons. The van der Waals surface area contributed by atoms with Crippen LogP contribution >= 0.6 is 0 Å². The molecule has 0 saturated carbocycles. The Labute approximate surface area is 394 Å². The van der Waals surface area contributed by atoms with Crippen molar-refractivity contribution in [3.8, 4) is 0 Å². The predicted molar refractivity (Wildman–Crippen MR) is 274 cm³/mol. The lowest BCUT2D eigenvalue weighted by atomic mass is 10.1. The maximum atomic E-state index is 12.8. The van der Waals surface area contributed by atoms with Crippen LogP contribution in [0, 0.1) is 0 Å². The van der Waals surface area contributed by atoms with Crippen LogP contribution in [0.5, 0.6) is 0 Å². The fourth-order valence-electron chi connectivity index (χ4n) is 6.99. The Morgan fingerprint density at radius 2 is 0.688 bits per heavy atom. The highest BCUT2D eigenvalue weighted by Gasteiger charge is 2.19. The molecule has 0 rings (SSSR count). The van der Waals surface area contributed by atoms with Gasteiger partial charge in [-0.3, -0.25) is 14.4 Å². The molecule has 0 aliphatic carbocycles. The molecule has 0 N–H and O–H groups in total. The monoisotopic (exact) mass is 889 g/mol. The van der Waals surface area contributed by atoms with Gasteiger partial charge in [-0.2, -0.15) is 0 Å². The van der Waals surface area contributed by atoms with Crippen LogP contribution in [0.15, 0.2) is 97.2 Å². The highest BCUT2D eigenvalue weighted by Crippen LogP contribution is 2.14. The topological polar surface area (TPSA) is 78.9 Å². The van der Waals surface area contributed by atoms with Crippen LogP contribution in [0.2, 0.25) is 0 Å². The zero-order valence-electron chi connectivity index (χ0n) is 41.5. The third-order valence-electron chi connectivity index (χ3n) is 10.9. The minimum absolute atomic E-state index is 0.103. The van der Waals surface area contributed by atoms with Gasteiger partial charge < -0.3 is 14.2 Å². The third-order valence-corrected chi connectivity index (χ3v) is 10.9. The van der Waals surface area contributed by atoms with Crippen molar-refractivity contribution in [2.24, 2.45) is 0 Å². The van der Waals surface area contributed by atoms with Gasteiger partial charge in [0.15, 0.2) is 6.10 Å². The number of carbonyl (C=O) groups is 3. The molecule has 64 heavy (non-hydrogen) atoms. The maximum Gasteiger partial charge on any atom is 0.306 e. The molecule has 1 atom stereocenters. The SMILES string of the molecule is CC\C=C/C=C\C=C/C=C\CCCCCC(=O)OCC(COC(=O)CCCCCCCCC/C=C\CCCCCCCCCC)OC(=O)CCCCCC/C=C\C/C=C\C/C=C\CC. The summed E-state index contributed by atoms with van der Waals surface area (Å²) < 4.78 is 16.7. The third kappa shape index (κ3) is 49.3. The standard InChI is InChI=1S/C58H96O6/c1-4-7-10-13-16-19-22-25-27-28-29-30-31-34-36-39-42-45-48-51-57(60)63-54-55(53-62-56(59)50-47-44-41-38-35-32-24-21-18-15-12-9-6-3)64-58(61)52-49-46-43-40-37-33-26-23-20-17-14-11-8-5-2/h8-9,11-12,15,17-18,20-21,24,26,28-29,32-33,35,55H,4-7,10,13-14,16,19,22-23,25,27,30-31,34,36-54H2,1-3H3/b11-8-,12-9-,18-15-,20-17-,24-21-,29-28-,33-26-,35-32-. The first kappa shape index (κ1) is 60.3. The van der Waals surface area contributed by atoms with Gasteiger partial charge >= 0.3 is 17.9 Å². The fourth-order valence-corrected chi connectivity index (χ4v) is 6.99. The molecule has 0 aromatic heterocycles. The molecular formula is C58H96O6. The van der Waals surface area contributed by atoms with Crippen LogP contribution < -0.4 is 0 Å². The second kappa shape index (κ2) is 52.0. The average Bonchev–Trinajstić information content (AvgIpc) is 3.29. The number of unbranched alkanes of at least 4 members (excludes halogenated alkanes) is 22. The highest BCUT2D eigenvalue weighted by atomic mass is 16.6. The van der Waals surface area contributed by atoms with Gasteiger partial charge in [-0.15, -0.1) is 0 Å². The van der Waals surface area contributed by atoms with Crippen molar-refractivity contribution in [1.82, 2.24) is 0 Å². The minimum Gasteiger partial charge on any atom is -0.462 e. The van der Waals surface area contributed by atoms with E-state index in [1.54, 1.807) is 0 Å². The van der Waals surface area contributed by atoms with Crippen LogP contribution in [0.1, 0.15) is 233 Å². The van der Waals surface area contributed by atoms with Gasteiger partial charge in [0, 0.05) is 19.3 Å². The molecule has 6 nitrogen and oxygen atoms in total. The molecule has 0 aliphatic rings. The lowest BCUT2D eigenvalue weighted by molar-refractivity contribution is -0.167. The zero-order chi connectivity index (χ0) is 46.5. The summed E-state index contributed by atoms with van der Waals surface area (Å²) in [7, 11) is 0. The van der Waals surface area contributed by atoms with Crippen molar-refractivity contribution >= 4 is 17.9 Å². The molecule has 1 unspecified atom stereocenters. The van der Waals surface area contributed by atoms with Crippen LogP contribution in [-0.4, -0.2) is 37.2 Å². The second-order valence-corrected chi connectivity index (χ2v) is 17.1. The average molecular weight is 889 g/mol. The van der Waals surface area contributed by atoms with Crippen LogP contribution in [0.25, 0.3) is 0 Å². The molecular weight excluding hydrogens is 793 g/mol. The van der Waals surface area contributed by atoms with Gasteiger partial charge in [0.2, 0.25) is 0 Å². The van der Waals surface area contributed by atoms with Crippen LogP contribution in [0.4, 0.5) is 0 Å². The molecule has 0 aromatic carbocycles. The summed E-state index contributed by atoms with van der Waals surface area (Å²) >= 11 is 0. The van der Waals surface area contributed by atoms with Crippen LogP contribution in [-0.2, 0) is 28.6 Å². The Hall–Kier alpha value is -3.67. The first-order valence-corrected chi connectivity index (χ1v) is 26.3. The molecule has 0 heterocycles. The quantitative estimate of drug-likeness (QED) is 0.0199. The molecule has 0 amide bonds. The summed E-state index contributed by atoms with van der Waals surface area (Å²) in [6.07, 6.45) is 68.3. The normalized spacial score (nSPS) is 12.9. The summed E-state index contributed by atoms with van der Waals surface area (Å²) in [5, 5.41) is 0. The summed E-state index contributed by atoms with van der Waals surface area (Å²) in [4.78, 5) is 38.0. The van der Waals surface area contributed by atoms with Crippen molar-refractivity contribution in [1.29, 1.82) is 0 Å². The van der Waals surface area contributed by atoms with Crippen molar-refractivity contribution in [3.05, 3.63) is 97.2 Å². The van der Waals surface area contributed by atoms with E-state index in [9.17, 15) is 14.4 Å². The lowest BCUT2D eigenvalue weighted by Gasteiger charge is -2.18. The van der Waals surface area contributed by atoms with E-state index in [0.717, 1.165) is 103 Å². The lowest BCUT2D eigenvalue weighted by Crippen LogP contribution is -2.30. The van der Waals surface area contributed by atoms with E-state index >= 15 is 0 Å². The van der Waals surface area contributed by atoms with Gasteiger partial charge in [-0.25, -0.2) is 0 Å². The van der Waals surface area contributed by atoms with Gasteiger partial charge in [0.05, 0.1) is 0 Å². The van der Waals surface area contributed by atoms with E-state index in [2.05, 4.69) is 81.5 Å². The van der Waals surface area contributed by atoms with Gasteiger partial charge in [-0.1, -0.05) is 214 Å². The maximum absolute atomic E-state index is 12.8. The summed E-state index contributed by atoms with van der Waals surface area (Å²) in [5.41, 5.74) is 0. The van der Waals surface area contributed by atoms with Crippen molar-refractivity contribution < 1.29 is 28.6 Å². The van der Waals surface area contributed by atoms with Crippen molar-refractivity contribution in [2.45, 2.75) is 239 Å². The van der Waals surface area contributed by atoms with E-state index in [1.165, 1.54) is 89.9 Å². The molecule has 0 aromatic rings. The Morgan fingerprint density at radius 1 is 0.344 bits per heavy atom. The summed E-state index contributed by atoms with van der Waals surface area (Å²) in [6.45, 7) is 6.32.